The van der Waals surface area contributed by atoms with Crippen LogP contribution in [0.3, 0.4) is 0 Å². The zero-order valence-corrected chi connectivity index (χ0v) is 9.08. The molecule has 0 bridgehead atoms. The van der Waals surface area contributed by atoms with Crippen LogP contribution in [0, 0.1) is 11.8 Å². The van der Waals surface area contributed by atoms with Gasteiger partial charge in [-0.1, -0.05) is 20.8 Å². The number of nitrogens with one attached hydrogen (secondary N) is 1. The van der Waals surface area contributed by atoms with Crippen LogP contribution in [0.1, 0.15) is 26.3 Å². The van der Waals surface area contributed by atoms with Crippen molar-refractivity contribution < 1.29 is 9.78 Å². The molecule has 0 amide bonds. The molecule has 0 aromatic carbocycles. The Morgan fingerprint density at radius 3 is 2.64 bits per heavy atom. The summed E-state index contributed by atoms with van der Waals surface area (Å²) in [5.41, 5.74) is 1.06. The quantitative estimate of drug-likeness (QED) is 0.717. The van der Waals surface area contributed by atoms with E-state index in [0.717, 1.165) is 5.56 Å². The van der Waals surface area contributed by atoms with Crippen LogP contribution in [0.15, 0.2) is 24.5 Å². The number of hydrogen-bond acceptors (Lipinski definition) is 1. The van der Waals surface area contributed by atoms with E-state index in [1.165, 1.54) is 0 Å². The van der Waals surface area contributed by atoms with E-state index >= 15 is 0 Å². The molecule has 0 aliphatic carbocycles. The number of rotatable bonds is 4. The fourth-order valence-electron chi connectivity index (χ4n) is 1.27. The number of Topliss-reactive ketones (excluding diaryl/α,β-unsaturated/α-hetero) is 1. The molecule has 1 heterocycles. The Morgan fingerprint density at radius 1 is 1.43 bits per heavy atom. The smallest absolute Gasteiger partial charge is 0.170 e. The number of pyridine rings is 1. The van der Waals surface area contributed by atoms with Crippen LogP contribution in [-0.2, 0) is 11.2 Å². The van der Waals surface area contributed by atoms with Crippen LogP contribution < -0.4 is 4.98 Å². The van der Waals surface area contributed by atoms with Gasteiger partial charge in [-0.3, -0.25) is 4.79 Å². The fraction of sp³-hybridized carbons (Fsp3) is 0.500. The molecule has 1 rings (SSSR count). The number of hydrogen-bond donors (Lipinski definition) is 0. The summed E-state index contributed by atoms with van der Waals surface area (Å²) in [5.74, 6) is 0.894. The molecule has 0 spiro atoms. The minimum Gasteiger partial charge on any atom is -0.299 e. The maximum absolute atomic E-state index is 11.7. The van der Waals surface area contributed by atoms with Crippen molar-refractivity contribution in [3.8, 4) is 0 Å². The van der Waals surface area contributed by atoms with E-state index in [0.29, 0.717) is 18.1 Å². The highest BCUT2D eigenvalue weighted by Crippen LogP contribution is 2.13. The first-order valence-corrected chi connectivity index (χ1v) is 5.09. The van der Waals surface area contributed by atoms with Crippen LogP contribution >= 0.6 is 0 Å². The van der Waals surface area contributed by atoms with Crippen molar-refractivity contribution in [1.82, 2.24) is 0 Å². The number of carbonyl (C=O) groups excluding carboxylic acids is 1. The molecule has 0 fully saturated rings. The van der Waals surface area contributed by atoms with E-state index in [4.69, 9.17) is 0 Å². The van der Waals surface area contributed by atoms with Gasteiger partial charge in [-0.05, 0) is 12.0 Å². The topological polar surface area (TPSA) is 31.2 Å². The van der Waals surface area contributed by atoms with Gasteiger partial charge in [-0.2, -0.15) is 0 Å². The Morgan fingerprint density at radius 2 is 2.14 bits per heavy atom. The third-order valence-corrected chi connectivity index (χ3v) is 2.66. The van der Waals surface area contributed by atoms with E-state index in [9.17, 15) is 4.79 Å². The van der Waals surface area contributed by atoms with Crippen molar-refractivity contribution in [2.75, 3.05) is 0 Å². The van der Waals surface area contributed by atoms with Crippen molar-refractivity contribution in [3.05, 3.63) is 30.1 Å². The van der Waals surface area contributed by atoms with Crippen LogP contribution in [0.5, 0.6) is 0 Å². The molecule has 2 heteroatoms. The van der Waals surface area contributed by atoms with Gasteiger partial charge in [0.2, 0.25) is 0 Å². The van der Waals surface area contributed by atoms with Gasteiger partial charge in [0.25, 0.3) is 0 Å². The van der Waals surface area contributed by atoms with Crippen LogP contribution in [0.2, 0.25) is 0 Å². The summed E-state index contributed by atoms with van der Waals surface area (Å²) in [6.07, 6.45) is 4.27. The molecule has 1 N–H and O–H groups in total. The summed E-state index contributed by atoms with van der Waals surface area (Å²) in [4.78, 5) is 14.7. The molecule has 76 valence electrons. The first kappa shape index (κ1) is 10.9. The highest BCUT2D eigenvalue weighted by molar-refractivity contribution is 5.82. The lowest BCUT2D eigenvalue weighted by Crippen LogP contribution is -2.19. The van der Waals surface area contributed by atoms with Crippen molar-refractivity contribution in [2.24, 2.45) is 11.8 Å². The van der Waals surface area contributed by atoms with Gasteiger partial charge < -0.3 is 0 Å². The van der Waals surface area contributed by atoms with E-state index in [2.05, 4.69) is 18.8 Å². The summed E-state index contributed by atoms with van der Waals surface area (Å²) < 4.78 is 0. The van der Waals surface area contributed by atoms with Gasteiger partial charge in [-0.15, -0.1) is 0 Å². The summed E-state index contributed by atoms with van der Waals surface area (Å²) in [7, 11) is 0. The van der Waals surface area contributed by atoms with E-state index in [1.54, 1.807) is 0 Å². The molecule has 2 nitrogen and oxygen atoms in total. The molecule has 1 aromatic heterocycles. The highest BCUT2D eigenvalue weighted by atomic mass is 16.1. The molecule has 0 radical (unpaired) electrons. The maximum Gasteiger partial charge on any atom is 0.170 e. The minimum absolute atomic E-state index is 0.148. The highest BCUT2D eigenvalue weighted by Gasteiger charge is 2.17. The lowest BCUT2D eigenvalue weighted by atomic mass is 9.90. The summed E-state index contributed by atoms with van der Waals surface area (Å²) >= 11 is 0. The Kier molecular flexibility index (Phi) is 3.81. The fourth-order valence-corrected chi connectivity index (χ4v) is 1.27. The van der Waals surface area contributed by atoms with Gasteiger partial charge in [0.15, 0.2) is 12.4 Å². The first-order valence-electron chi connectivity index (χ1n) is 5.09. The molecule has 1 aromatic rings. The number of ketones is 1. The van der Waals surface area contributed by atoms with Crippen LogP contribution in [0.4, 0.5) is 0 Å². The second-order valence-corrected chi connectivity index (χ2v) is 4.09. The number of H-pyrrole nitrogens is 1. The predicted octanol–water partition coefficient (Wildman–Crippen LogP) is 1.90. The third-order valence-electron chi connectivity index (χ3n) is 2.66. The minimum atomic E-state index is 0.148. The average Bonchev–Trinajstić information content (AvgIpc) is 2.18. The van der Waals surface area contributed by atoms with Crippen LogP contribution in [0.25, 0.3) is 0 Å². The SMILES string of the molecule is CC(C)C(C)C(=O)Cc1ccc[nH+]c1. The first-order chi connectivity index (χ1) is 6.61. The molecule has 0 saturated carbocycles. The van der Waals surface area contributed by atoms with Gasteiger partial charge in [0.1, 0.15) is 5.78 Å². The molecule has 0 aliphatic heterocycles. The predicted molar refractivity (Wildman–Crippen MR) is 55.7 cm³/mol. The van der Waals surface area contributed by atoms with Gasteiger partial charge >= 0.3 is 0 Å². The normalized spacial score (nSPS) is 12.9. The molecular formula is C12H18NO+. The second-order valence-electron chi connectivity index (χ2n) is 4.09. The van der Waals surface area contributed by atoms with Crippen molar-refractivity contribution in [1.29, 1.82) is 0 Å². The molecule has 14 heavy (non-hydrogen) atoms. The van der Waals surface area contributed by atoms with E-state index in [-0.39, 0.29) is 5.92 Å². The number of carbonyl (C=O) groups is 1. The lowest BCUT2D eigenvalue weighted by Gasteiger charge is -2.13. The molecule has 1 atom stereocenters. The van der Waals surface area contributed by atoms with Crippen LogP contribution in [-0.4, -0.2) is 5.78 Å². The van der Waals surface area contributed by atoms with Crippen molar-refractivity contribution in [3.63, 3.8) is 0 Å². The number of aromatic amines is 1. The number of aromatic nitrogens is 1. The Hall–Kier alpha value is -1.18. The standard InChI is InChI=1S/C12H17NO/c1-9(2)10(3)12(14)7-11-5-4-6-13-8-11/h4-6,8-10H,7H2,1-3H3/p+1. The summed E-state index contributed by atoms with van der Waals surface area (Å²) in [6.45, 7) is 6.17. The van der Waals surface area contributed by atoms with Gasteiger partial charge in [0, 0.05) is 24.0 Å². The van der Waals surface area contributed by atoms with Gasteiger partial charge in [-0.25, -0.2) is 4.98 Å². The van der Waals surface area contributed by atoms with E-state index in [1.807, 2.05) is 31.5 Å². The van der Waals surface area contributed by atoms with Crippen molar-refractivity contribution >= 4 is 5.78 Å². The average molecular weight is 192 g/mol. The largest absolute Gasteiger partial charge is 0.299 e. The van der Waals surface area contributed by atoms with Crippen molar-refractivity contribution in [2.45, 2.75) is 27.2 Å². The Balaban J connectivity index is 2.58. The second kappa shape index (κ2) is 4.89. The summed E-state index contributed by atoms with van der Waals surface area (Å²) in [5, 5.41) is 0. The third kappa shape index (κ3) is 2.95. The van der Waals surface area contributed by atoms with E-state index < -0.39 is 0 Å². The molecular weight excluding hydrogens is 174 g/mol. The monoisotopic (exact) mass is 192 g/mol. The lowest BCUT2D eigenvalue weighted by molar-refractivity contribution is -0.378. The Bertz CT molecular complexity index is 292. The Labute approximate surface area is 85.4 Å². The zero-order valence-electron chi connectivity index (χ0n) is 9.08. The summed E-state index contributed by atoms with van der Waals surface area (Å²) in [6, 6.07) is 3.89. The molecule has 0 aliphatic rings. The molecule has 1 unspecified atom stereocenters. The maximum atomic E-state index is 11.7. The molecule has 0 saturated heterocycles. The zero-order chi connectivity index (χ0) is 10.6. The van der Waals surface area contributed by atoms with Gasteiger partial charge in [0.05, 0.1) is 0 Å².